The number of ether oxygens (including phenoxy) is 1. The lowest BCUT2D eigenvalue weighted by molar-refractivity contribution is 0.0539. The molecule has 1 aromatic heterocycles. The van der Waals surface area contributed by atoms with E-state index in [1.165, 1.54) is 8.99 Å². The third-order valence-electron chi connectivity index (χ3n) is 5.02. The Morgan fingerprint density at radius 2 is 1.96 bits per heavy atom. The molecule has 8 nitrogen and oxygen atoms in total. The van der Waals surface area contributed by atoms with E-state index in [0.29, 0.717) is 31.0 Å². The first-order valence-corrected chi connectivity index (χ1v) is 9.78. The van der Waals surface area contributed by atoms with Gasteiger partial charge in [0.2, 0.25) is 10.0 Å². The first-order valence-electron chi connectivity index (χ1n) is 8.34. The van der Waals surface area contributed by atoms with Gasteiger partial charge in [-0.2, -0.15) is 9.40 Å². The van der Waals surface area contributed by atoms with E-state index >= 15 is 0 Å². The first kappa shape index (κ1) is 17.0. The van der Waals surface area contributed by atoms with Gasteiger partial charge in [-0.25, -0.2) is 8.42 Å². The molecule has 2 aromatic rings. The van der Waals surface area contributed by atoms with Crippen LogP contribution in [0.5, 0.6) is 5.75 Å². The molecule has 1 fully saturated rings. The highest BCUT2D eigenvalue weighted by Crippen LogP contribution is 2.37. The van der Waals surface area contributed by atoms with Gasteiger partial charge >= 0.3 is 0 Å². The SMILES string of the molecule is CN1C[C@@]2(CCN(C(=O)c3ccnn3C)C2)Oc2ccccc2S1(=O)=O. The summed E-state index contributed by atoms with van der Waals surface area (Å²) in [6.45, 7) is 1.02. The van der Waals surface area contributed by atoms with Gasteiger partial charge in [-0.15, -0.1) is 0 Å². The third kappa shape index (κ3) is 2.58. The van der Waals surface area contributed by atoms with Crippen LogP contribution in [0.15, 0.2) is 41.4 Å². The van der Waals surface area contributed by atoms with E-state index < -0.39 is 15.6 Å². The van der Waals surface area contributed by atoms with Crippen molar-refractivity contribution in [1.29, 1.82) is 0 Å². The van der Waals surface area contributed by atoms with E-state index in [1.54, 1.807) is 55.5 Å². The number of carbonyl (C=O) groups excluding carboxylic acids is 1. The van der Waals surface area contributed by atoms with Crippen molar-refractivity contribution in [2.45, 2.75) is 16.9 Å². The van der Waals surface area contributed by atoms with Crippen molar-refractivity contribution in [3.8, 4) is 5.75 Å². The van der Waals surface area contributed by atoms with Crippen LogP contribution < -0.4 is 4.74 Å². The van der Waals surface area contributed by atoms with E-state index in [9.17, 15) is 13.2 Å². The Balaban J connectivity index is 1.66. The van der Waals surface area contributed by atoms with Gasteiger partial charge in [-0.3, -0.25) is 9.48 Å². The molecule has 1 amide bonds. The minimum atomic E-state index is -3.62. The van der Waals surface area contributed by atoms with E-state index in [4.69, 9.17) is 4.74 Å². The molecule has 0 saturated carbocycles. The average Bonchev–Trinajstić information content (AvgIpc) is 3.19. The summed E-state index contributed by atoms with van der Waals surface area (Å²) in [6, 6.07) is 8.32. The van der Waals surface area contributed by atoms with Crippen LogP contribution in [0, 0.1) is 0 Å². The average molecular weight is 376 g/mol. The number of likely N-dealkylation sites (N-methyl/N-ethyl adjacent to an activating group) is 1. The van der Waals surface area contributed by atoms with Crippen LogP contribution in [-0.2, 0) is 17.1 Å². The number of para-hydroxylation sites is 1. The lowest BCUT2D eigenvalue weighted by atomic mass is 10.0. The van der Waals surface area contributed by atoms with E-state index in [0.717, 1.165) is 0 Å². The third-order valence-corrected chi connectivity index (χ3v) is 6.86. The Kier molecular flexibility index (Phi) is 3.81. The number of rotatable bonds is 1. The van der Waals surface area contributed by atoms with E-state index in [1.807, 2.05) is 0 Å². The van der Waals surface area contributed by atoms with Gasteiger partial charge in [0.05, 0.1) is 13.1 Å². The van der Waals surface area contributed by atoms with Gasteiger partial charge in [0.15, 0.2) is 0 Å². The number of nitrogens with zero attached hydrogens (tertiary/aromatic N) is 4. The molecule has 0 bridgehead atoms. The van der Waals surface area contributed by atoms with Gasteiger partial charge in [-0.1, -0.05) is 12.1 Å². The van der Waals surface area contributed by atoms with Crippen LogP contribution in [-0.4, -0.2) is 65.6 Å². The van der Waals surface area contributed by atoms with E-state index in [2.05, 4.69) is 5.10 Å². The molecule has 1 saturated heterocycles. The van der Waals surface area contributed by atoms with Gasteiger partial charge in [0.1, 0.15) is 21.9 Å². The smallest absolute Gasteiger partial charge is 0.272 e. The number of likely N-dealkylation sites (tertiary alicyclic amines) is 1. The zero-order valence-corrected chi connectivity index (χ0v) is 15.4. The minimum absolute atomic E-state index is 0.131. The molecule has 1 atom stereocenters. The second kappa shape index (κ2) is 5.82. The predicted molar refractivity (Wildman–Crippen MR) is 93.3 cm³/mol. The molecule has 9 heteroatoms. The van der Waals surface area contributed by atoms with Crippen molar-refractivity contribution in [2.75, 3.05) is 26.7 Å². The zero-order valence-electron chi connectivity index (χ0n) is 14.6. The Hall–Kier alpha value is -2.39. The molecule has 1 aromatic carbocycles. The fourth-order valence-corrected chi connectivity index (χ4v) is 5.00. The van der Waals surface area contributed by atoms with Crippen LogP contribution in [0.1, 0.15) is 16.9 Å². The highest BCUT2D eigenvalue weighted by atomic mass is 32.2. The molecule has 4 rings (SSSR count). The van der Waals surface area contributed by atoms with Gasteiger partial charge in [-0.05, 0) is 18.2 Å². The monoisotopic (exact) mass is 376 g/mol. The highest BCUT2D eigenvalue weighted by Gasteiger charge is 2.48. The van der Waals surface area contributed by atoms with Crippen LogP contribution in [0.25, 0.3) is 0 Å². The summed E-state index contributed by atoms with van der Waals surface area (Å²) in [6.07, 6.45) is 2.14. The molecule has 2 aliphatic heterocycles. The largest absolute Gasteiger partial charge is 0.483 e. The first-order chi connectivity index (χ1) is 12.3. The number of aryl methyl sites for hydroxylation is 1. The lowest BCUT2D eigenvalue weighted by Crippen LogP contribution is -2.48. The second-order valence-corrected chi connectivity index (χ2v) is 8.82. The number of aromatic nitrogens is 2. The Labute approximate surface area is 152 Å². The van der Waals surface area contributed by atoms with E-state index in [-0.39, 0.29) is 17.3 Å². The zero-order chi connectivity index (χ0) is 18.5. The van der Waals surface area contributed by atoms with Crippen LogP contribution in [0.4, 0.5) is 0 Å². The molecule has 2 aliphatic rings. The van der Waals surface area contributed by atoms with Crippen molar-refractivity contribution < 1.29 is 17.9 Å². The molecule has 0 N–H and O–H groups in total. The number of benzene rings is 1. The predicted octanol–water partition coefficient (Wildman–Crippen LogP) is 0.718. The molecular formula is C17H20N4O4S. The Bertz CT molecular complexity index is 971. The van der Waals surface area contributed by atoms with Crippen molar-refractivity contribution in [1.82, 2.24) is 19.0 Å². The highest BCUT2D eigenvalue weighted by molar-refractivity contribution is 7.89. The summed E-state index contributed by atoms with van der Waals surface area (Å²) in [7, 11) is -0.348. The van der Waals surface area contributed by atoms with Crippen molar-refractivity contribution >= 4 is 15.9 Å². The molecule has 0 unspecified atom stereocenters. The van der Waals surface area contributed by atoms with Gasteiger partial charge < -0.3 is 9.64 Å². The number of hydrogen-bond donors (Lipinski definition) is 0. The standard InChI is InChI=1S/C17H20N4O4S/c1-19-11-17(25-14-5-3-4-6-15(14)26(19,23)24)8-10-21(12-17)16(22)13-7-9-18-20(13)2/h3-7,9H,8,10-12H2,1-2H3/t17-/m1/s1. The summed E-state index contributed by atoms with van der Waals surface area (Å²) in [5.74, 6) is 0.209. The normalized spacial score (nSPS) is 24.9. The van der Waals surface area contributed by atoms with Gasteiger partial charge in [0, 0.05) is 33.3 Å². The fourth-order valence-electron chi connectivity index (χ4n) is 3.65. The van der Waals surface area contributed by atoms with Crippen LogP contribution in [0.3, 0.4) is 0 Å². The number of carbonyl (C=O) groups is 1. The summed E-state index contributed by atoms with van der Waals surface area (Å²) < 4.78 is 34.6. The topological polar surface area (TPSA) is 84.7 Å². The molecule has 138 valence electrons. The number of fused-ring (bicyclic) bond motifs is 1. The molecule has 3 heterocycles. The number of amides is 1. The number of hydrogen-bond acceptors (Lipinski definition) is 5. The maximum Gasteiger partial charge on any atom is 0.272 e. The number of sulfonamides is 1. The molecule has 26 heavy (non-hydrogen) atoms. The molecule has 1 spiro atoms. The van der Waals surface area contributed by atoms with Crippen molar-refractivity contribution in [3.63, 3.8) is 0 Å². The maximum absolute atomic E-state index is 12.8. The van der Waals surface area contributed by atoms with Crippen LogP contribution in [0.2, 0.25) is 0 Å². The summed E-state index contributed by atoms with van der Waals surface area (Å²) in [4.78, 5) is 14.6. The summed E-state index contributed by atoms with van der Waals surface area (Å²) in [5, 5.41) is 4.04. The maximum atomic E-state index is 12.8. The van der Waals surface area contributed by atoms with Crippen LogP contribution >= 0.6 is 0 Å². The summed E-state index contributed by atoms with van der Waals surface area (Å²) in [5.41, 5.74) is -0.264. The Morgan fingerprint density at radius 3 is 2.69 bits per heavy atom. The fraction of sp³-hybridized carbons (Fsp3) is 0.412. The molecule has 0 aliphatic carbocycles. The lowest BCUT2D eigenvalue weighted by Gasteiger charge is -2.30. The van der Waals surface area contributed by atoms with Crippen molar-refractivity contribution in [2.24, 2.45) is 7.05 Å². The molecular weight excluding hydrogens is 356 g/mol. The minimum Gasteiger partial charge on any atom is -0.483 e. The van der Waals surface area contributed by atoms with Gasteiger partial charge in [0.25, 0.3) is 5.91 Å². The molecule has 0 radical (unpaired) electrons. The summed E-state index contributed by atoms with van der Waals surface area (Å²) >= 11 is 0. The Morgan fingerprint density at radius 1 is 1.19 bits per heavy atom. The van der Waals surface area contributed by atoms with Crippen molar-refractivity contribution in [3.05, 3.63) is 42.2 Å². The quantitative estimate of drug-likeness (QED) is 0.732. The second-order valence-electron chi connectivity index (χ2n) is 6.81.